The van der Waals surface area contributed by atoms with Crippen LogP contribution in [-0.2, 0) is 6.42 Å². The van der Waals surface area contributed by atoms with Crippen LogP contribution in [0.1, 0.15) is 18.1 Å². The molecule has 0 aromatic heterocycles. The third kappa shape index (κ3) is 3.19. The van der Waals surface area contributed by atoms with Crippen molar-refractivity contribution in [2.75, 3.05) is 11.5 Å². The standard InChI is InChI=1S/C22H20N2O3/c1-2-26-17-12-10-16(11-13-17)24(22(23)25)19-7-5-9-21-18(19)14-15-6-3-4-8-20(15)27-21/h3-13H,2,14H2,1H3,(H2,23,25). The molecule has 5 nitrogen and oxygen atoms in total. The summed E-state index contributed by atoms with van der Waals surface area (Å²) in [4.78, 5) is 13.8. The lowest BCUT2D eigenvalue weighted by Crippen LogP contribution is -2.32. The molecule has 136 valence electrons. The van der Waals surface area contributed by atoms with Crippen molar-refractivity contribution in [3.63, 3.8) is 0 Å². The molecule has 2 N–H and O–H groups in total. The first kappa shape index (κ1) is 17.0. The van der Waals surface area contributed by atoms with Gasteiger partial charge in [0.1, 0.15) is 17.2 Å². The molecule has 1 aliphatic rings. The number of primary amides is 1. The summed E-state index contributed by atoms with van der Waals surface area (Å²) >= 11 is 0. The van der Waals surface area contributed by atoms with E-state index in [-0.39, 0.29) is 0 Å². The van der Waals surface area contributed by atoms with Crippen LogP contribution in [0.3, 0.4) is 0 Å². The number of fused-ring (bicyclic) bond motifs is 2. The quantitative estimate of drug-likeness (QED) is 0.557. The Balaban J connectivity index is 1.76. The van der Waals surface area contributed by atoms with Gasteiger partial charge in [-0.1, -0.05) is 24.3 Å². The molecule has 2 amide bonds. The normalized spacial score (nSPS) is 11.7. The molecule has 5 heteroatoms. The van der Waals surface area contributed by atoms with Gasteiger partial charge in [0.25, 0.3) is 0 Å². The fraction of sp³-hybridized carbons (Fsp3) is 0.136. The fourth-order valence-corrected chi connectivity index (χ4v) is 3.34. The number of urea groups is 1. The number of nitrogens with zero attached hydrogens (tertiary/aromatic N) is 1. The van der Waals surface area contributed by atoms with Gasteiger partial charge in [-0.15, -0.1) is 0 Å². The van der Waals surface area contributed by atoms with Crippen LogP contribution in [0.4, 0.5) is 16.2 Å². The van der Waals surface area contributed by atoms with Crippen LogP contribution in [0.5, 0.6) is 17.2 Å². The Labute approximate surface area is 157 Å². The van der Waals surface area contributed by atoms with Crippen LogP contribution in [0.25, 0.3) is 0 Å². The van der Waals surface area contributed by atoms with E-state index in [9.17, 15) is 4.79 Å². The highest BCUT2D eigenvalue weighted by Gasteiger charge is 2.25. The fourth-order valence-electron chi connectivity index (χ4n) is 3.34. The predicted octanol–water partition coefficient (Wildman–Crippen LogP) is 5.00. The third-order valence-corrected chi connectivity index (χ3v) is 4.54. The molecule has 0 fully saturated rings. The van der Waals surface area contributed by atoms with Crippen LogP contribution in [0.15, 0.2) is 66.7 Å². The highest BCUT2D eigenvalue weighted by atomic mass is 16.5. The van der Waals surface area contributed by atoms with Crippen LogP contribution in [0, 0.1) is 0 Å². The van der Waals surface area contributed by atoms with Gasteiger partial charge in [-0.3, -0.25) is 4.90 Å². The molecule has 0 radical (unpaired) electrons. The van der Waals surface area contributed by atoms with Gasteiger partial charge < -0.3 is 15.2 Å². The van der Waals surface area contributed by atoms with E-state index >= 15 is 0 Å². The van der Waals surface area contributed by atoms with Crippen molar-refractivity contribution >= 4 is 17.4 Å². The Kier molecular flexibility index (Phi) is 4.42. The van der Waals surface area contributed by atoms with E-state index in [1.165, 1.54) is 4.90 Å². The molecule has 4 rings (SSSR count). The topological polar surface area (TPSA) is 64.8 Å². The number of nitrogens with two attached hydrogens (primary N) is 1. The Morgan fingerprint density at radius 2 is 1.78 bits per heavy atom. The molecule has 3 aromatic carbocycles. The second kappa shape index (κ2) is 7.03. The smallest absolute Gasteiger partial charge is 0.323 e. The molecule has 0 atom stereocenters. The summed E-state index contributed by atoms with van der Waals surface area (Å²) in [5, 5.41) is 0. The summed E-state index contributed by atoms with van der Waals surface area (Å²) < 4.78 is 11.5. The number of hydrogen-bond acceptors (Lipinski definition) is 3. The van der Waals surface area contributed by atoms with Crippen molar-refractivity contribution in [2.45, 2.75) is 13.3 Å². The van der Waals surface area contributed by atoms with Gasteiger partial charge in [-0.05, 0) is 55.0 Å². The monoisotopic (exact) mass is 360 g/mol. The largest absolute Gasteiger partial charge is 0.494 e. The summed E-state index contributed by atoms with van der Waals surface area (Å²) in [6, 6.07) is 20.3. The van der Waals surface area contributed by atoms with Gasteiger partial charge in [0.2, 0.25) is 0 Å². The number of carbonyl (C=O) groups is 1. The van der Waals surface area contributed by atoms with E-state index in [1.807, 2.05) is 73.7 Å². The van der Waals surface area contributed by atoms with Crippen molar-refractivity contribution < 1.29 is 14.3 Å². The van der Waals surface area contributed by atoms with E-state index in [1.54, 1.807) is 0 Å². The molecule has 1 aliphatic heterocycles. The first-order chi connectivity index (χ1) is 13.2. The maximum Gasteiger partial charge on any atom is 0.323 e. The average Bonchev–Trinajstić information content (AvgIpc) is 2.68. The highest BCUT2D eigenvalue weighted by molar-refractivity contribution is 5.99. The Morgan fingerprint density at radius 1 is 1.04 bits per heavy atom. The minimum absolute atomic E-state index is 0.550. The van der Waals surface area contributed by atoms with Gasteiger partial charge in [-0.25, -0.2) is 4.79 Å². The van der Waals surface area contributed by atoms with Crippen molar-refractivity contribution in [2.24, 2.45) is 5.73 Å². The third-order valence-electron chi connectivity index (χ3n) is 4.54. The van der Waals surface area contributed by atoms with Crippen LogP contribution >= 0.6 is 0 Å². The highest BCUT2D eigenvalue weighted by Crippen LogP contribution is 2.42. The zero-order valence-corrected chi connectivity index (χ0v) is 15.0. The molecule has 0 bridgehead atoms. The van der Waals surface area contributed by atoms with E-state index in [0.717, 1.165) is 34.1 Å². The Bertz CT molecular complexity index is 983. The number of ether oxygens (including phenoxy) is 2. The van der Waals surface area contributed by atoms with Crippen molar-refractivity contribution in [1.29, 1.82) is 0 Å². The molecule has 27 heavy (non-hydrogen) atoms. The molecular weight excluding hydrogens is 340 g/mol. The molecular formula is C22H20N2O3. The van der Waals surface area contributed by atoms with Gasteiger partial charge >= 0.3 is 6.03 Å². The van der Waals surface area contributed by atoms with E-state index in [2.05, 4.69) is 0 Å². The Morgan fingerprint density at radius 3 is 2.52 bits per heavy atom. The first-order valence-electron chi connectivity index (χ1n) is 8.87. The lowest BCUT2D eigenvalue weighted by molar-refractivity contribution is 0.256. The predicted molar refractivity (Wildman–Crippen MR) is 105 cm³/mol. The molecule has 0 aliphatic carbocycles. The Hall–Kier alpha value is -3.47. The number of benzene rings is 3. The molecule has 1 heterocycles. The van der Waals surface area contributed by atoms with Gasteiger partial charge in [0, 0.05) is 12.0 Å². The molecule has 3 aromatic rings. The summed E-state index contributed by atoms with van der Waals surface area (Å²) in [5.74, 6) is 2.33. The molecule has 0 saturated heterocycles. The minimum atomic E-state index is -0.550. The number of anilines is 2. The number of para-hydroxylation sites is 1. The maximum atomic E-state index is 12.3. The van der Waals surface area contributed by atoms with E-state index < -0.39 is 6.03 Å². The van der Waals surface area contributed by atoms with Crippen LogP contribution < -0.4 is 20.1 Å². The lowest BCUT2D eigenvalue weighted by atomic mass is 9.98. The second-order valence-electron chi connectivity index (χ2n) is 6.24. The van der Waals surface area contributed by atoms with Crippen molar-refractivity contribution in [3.05, 3.63) is 77.9 Å². The molecule has 0 spiro atoms. The van der Waals surface area contributed by atoms with E-state index in [4.69, 9.17) is 15.2 Å². The van der Waals surface area contributed by atoms with Crippen LogP contribution in [-0.4, -0.2) is 12.6 Å². The lowest BCUT2D eigenvalue weighted by Gasteiger charge is -2.28. The van der Waals surface area contributed by atoms with Gasteiger partial charge in [0.05, 0.1) is 18.0 Å². The number of rotatable bonds is 4. The SMILES string of the molecule is CCOc1ccc(N(C(N)=O)c2cccc3c2Cc2ccccc2O3)cc1. The summed E-state index contributed by atoms with van der Waals surface area (Å²) in [6.07, 6.45) is 0.669. The zero-order valence-electron chi connectivity index (χ0n) is 15.0. The number of carbonyl (C=O) groups excluding carboxylic acids is 1. The van der Waals surface area contributed by atoms with Gasteiger partial charge in [0.15, 0.2) is 0 Å². The first-order valence-corrected chi connectivity index (χ1v) is 8.87. The zero-order chi connectivity index (χ0) is 18.8. The number of hydrogen-bond donors (Lipinski definition) is 1. The number of amides is 2. The molecule has 0 saturated carbocycles. The summed E-state index contributed by atoms with van der Waals surface area (Å²) in [6.45, 7) is 2.51. The van der Waals surface area contributed by atoms with Crippen molar-refractivity contribution in [1.82, 2.24) is 0 Å². The molecule has 0 unspecified atom stereocenters. The van der Waals surface area contributed by atoms with Gasteiger partial charge in [-0.2, -0.15) is 0 Å². The van der Waals surface area contributed by atoms with Crippen LogP contribution in [0.2, 0.25) is 0 Å². The minimum Gasteiger partial charge on any atom is -0.494 e. The maximum absolute atomic E-state index is 12.3. The average molecular weight is 360 g/mol. The summed E-state index contributed by atoms with van der Waals surface area (Å²) in [5.41, 5.74) is 9.15. The second-order valence-corrected chi connectivity index (χ2v) is 6.24. The summed E-state index contributed by atoms with van der Waals surface area (Å²) in [7, 11) is 0. The van der Waals surface area contributed by atoms with E-state index in [0.29, 0.717) is 18.7 Å². The van der Waals surface area contributed by atoms with Crippen molar-refractivity contribution in [3.8, 4) is 17.2 Å².